The average molecular weight is 724 g/mol. The Balaban J connectivity index is 1.13. The zero-order chi connectivity index (χ0) is 36.0. The molecule has 0 radical (unpaired) electrons. The minimum absolute atomic E-state index is 0.592. The van der Waals surface area contributed by atoms with Gasteiger partial charge in [-0.25, -0.2) is 4.98 Å². The zero-order valence-electron chi connectivity index (χ0n) is 29.3. The Morgan fingerprint density at radius 3 is 2.04 bits per heavy atom. The van der Waals surface area contributed by atoms with Crippen molar-refractivity contribution in [3.63, 3.8) is 0 Å². The van der Waals surface area contributed by atoms with Gasteiger partial charge in [0.25, 0.3) is 0 Å². The van der Waals surface area contributed by atoms with Crippen LogP contribution in [0.1, 0.15) is 0 Å². The molecule has 4 heterocycles. The van der Waals surface area contributed by atoms with Crippen LogP contribution in [0.15, 0.2) is 185 Å². The molecule has 0 aliphatic carbocycles. The molecule has 0 bridgehead atoms. The van der Waals surface area contributed by atoms with Crippen molar-refractivity contribution in [2.75, 3.05) is 4.90 Å². The van der Waals surface area contributed by atoms with Crippen LogP contribution in [-0.2, 0) is 0 Å². The fourth-order valence-electron chi connectivity index (χ4n) is 8.38. The molecule has 258 valence electrons. The zero-order valence-corrected chi connectivity index (χ0v) is 30.1. The maximum atomic E-state index is 6.87. The Morgan fingerprint density at radius 2 is 1.16 bits per heavy atom. The maximum absolute atomic E-state index is 6.87. The van der Waals surface area contributed by atoms with E-state index in [9.17, 15) is 0 Å². The summed E-state index contributed by atoms with van der Waals surface area (Å²) in [4.78, 5) is 7.38. The van der Waals surface area contributed by atoms with E-state index in [1.54, 1.807) is 0 Å². The van der Waals surface area contributed by atoms with E-state index in [0.29, 0.717) is 5.89 Å². The first-order chi connectivity index (χ1) is 27.3. The van der Waals surface area contributed by atoms with Crippen molar-refractivity contribution in [1.82, 2.24) is 9.55 Å². The standard InChI is InChI=1S/C49H29N3O2S/c1-3-12-30(13-4-1)49-50-47-43(54-49)26-25-42-46(47)36-18-11-20-41(48(36)53-42)51(33-23-27-45-38(29-33)35-17-8-10-21-44(35)55-45)32-22-24-40-37(28-32)34-16-7-9-19-39(34)52(40)31-14-5-2-6-15-31/h1-29H. The normalized spacial score (nSPS) is 12.0. The van der Waals surface area contributed by atoms with Gasteiger partial charge in [0, 0.05) is 59.0 Å². The van der Waals surface area contributed by atoms with Crippen LogP contribution >= 0.6 is 11.3 Å². The maximum Gasteiger partial charge on any atom is 0.227 e. The molecule has 12 rings (SSSR count). The van der Waals surface area contributed by atoms with Gasteiger partial charge in [-0.05, 0) is 91.0 Å². The van der Waals surface area contributed by atoms with Gasteiger partial charge in [-0.15, -0.1) is 11.3 Å². The van der Waals surface area contributed by atoms with Gasteiger partial charge in [-0.1, -0.05) is 84.9 Å². The van der Waals surface area contributed by atoms with Gasteiger partial charge in [0.2, 0.25) is 5.89 Å². The van der Waals surface area contributed by atoms with Crippen molar-refractivity contribution in [1.29, 1.82) is 0 Å². The molecular weight excluding hydrogens is 695 g/mol. The van der Waals surface area contributed by atoms with E-state index in [4.69, 9.17) is 13.8 Å². The number of nitrogens with zero attached hydrogens (tertiary/aromatic N) is 3. The molecule has 0 saturated carbocycles. The van der Waals surface area contributed by atoms with E-state index < -0.39 is 0 Å². The average Bonchev–Trinajstić information content (AvgIpc) is 4.02. The SMILES string of the molecule is c1ccc(-c2nc3c(ccc4oc5c(N(c6ccc7sc8ccccc8c7c6)c6ccc7c(c6)c6ccccc6n7-c6ccccc6)cccc5c43)o2)cc1. The lowest BCUT2D eigenvalue weighted by atomic mass is 10.1. The minimum atomic E-state index is 0.592. The molecule has 0 atom stereocenters. The topological polar surface area (TPSA) is 47.3 Å². The molecule has 0 amide bonds. The van der Waals surface area contributed by atoms with E-state index >= 15 is 0 Å². The molecule has 0 fully saturated rings. The quantitative estimate of drug-likeness (QED) is 0.177. The van der Waals surface area contributed by atoms with Gasteiger partial charge in [-0.3, -0.25) is 0 Å². The van der Waals surface area contributed by atoms with Gasteiger partial charge < -0.3 is 18.3 Å². The summed E-state index contributed by atoms with van der Waals surface area (Å²) in [5.74, 6) is 0.592. The van der Waals surface area contributed by atoms with Gasteiger partial charge >= 0.3 is 0 Å². The van der Waals surface area contributed by atoms with Crippen LogP contribution in [0.2, 0.25) is 0 Å². The van der Waals surface area contributed by atoms with E-state index in [1.165, 1.54) is 36.5 Å². The van der Waals surface area contributed by atoms with Crippen molar-refractivity contribution >= 4 is 103 Å². The molecular formula is C49H29N3O2S. The number of hydrogen-bond donors (Lipinski definition) is 0. The second-order valence-electron chi connectivity index (χ2n) is 13.9. The van der Waals surface area contributed by atoms with Crippen LogP contribution in [0.25, 0.3) is 92.2 Å². The molecule has 0 saturated heterocycles. The Hall–Kier alpha value is -7.15. The highest BCUT2D eigenvalue weighted by molar-refractivity contribution is 7.25. The summed E-state index contributed by atoms with van der Waals surface area (Å²) in [6.45, 7) is 0. The lowest BCUT2D eigenvalue weighted by Gasteiger charge is -2.26. The third-order valence-corrected chi connectivity index (χ3v) is 12.0. The number of thiophene rings is 1. The molecule has 8 aromatic carbocycles. The number of rotatable bonds is 5. The fourth-order valence-corrected chi connectivity index (χ4v) is 9.46. The van der Waals surface area contributed by atoms with Crippen molar-refractivity contribution in [2.45, 2.75) is 0 Å². The van der Waals surface area contributed by atoms with Gasteiger partial charge in [0.15, 0.2) is 11.2 Å². The molecule has 0 aliphatic heterocycles. The van der Waals surface area contributed by atoms with Crippen LogP contribution in [0, 0.1) is 0 Å². The van der Waals surface area contributed by atoms with E-state index in [2.05, 4.69) is 143 Å². The molecule has 55 heavy (non-hydrogen) atoms. The minimum Gasteiger partial charge on any atom is -0.454 e. The summed E-state index contributed by atoms with van der Waals surface area (Å²) in [5, 5.41) is 6.81. The van der Waals surface area contributed by atoms with Crippen LogP contribution < -0.4 is 4.90 Å². The molecule has 6 heteroatoms. The molecule has 0 N–H and O–H groups in total. The monoisotopic (exact) mass is 723 g/mol. The Labute approximate surface area is 318 Å². The first-order valence-electron chi connectivity index (χ1n) is 18.4. The fraction of sp³-hybridized carbons (Fsp3) is 0. The molecule has 0 spiro atoms. The predicted molar refractivity (Wildman–Crippen MR) is 229 cm³/mol. The van der Waals surface area contributed by atoms with Crippen molar-refractivity contribution in [2.24, 2.45) is 0 Å². The largest absolute Gasteiger partial charge is 0.454 e. The van der Waals surface area contributed by atoms with Gasteiger partial charge in [-0.2, -0.15) is 0 Å². The number of benzene rings is 8. The third-order valence-electron chi connectivity index (χ3n) is 10.8. The highest BCUT2D eigenvalue weighted by atomic mass is 32.1. The number of hydrogen-bond acceptors (Lipinski definition) is 5. The number of furan rings is 1. The lowest BCUT2D eigenvalue weighted by Crippen LogP contribution is -2.10. The third kappa shape index (κ3) is 4.55. The Morgan fingerprint density at radius 1 is 0.491 bits per heavy atom. The van der Waals surface area contributed by atoms with Gasteiger partial charge in [0.1, 0.15) is 11.1 Å². The summed E-state index contributed by atoms with van der Waals surface area (Å²) in [7, 11) is 0. The summed E-state index contributed by atoms with van der Waals surface area (Å²) >= 11 is 1.83. The molecule has 4 aromatic heterocycles. The first kappa shape index (κ1) is 30.3. The number of fused-ring (bicyclic) bond motifs is 11. The summed E-state index contributed by atoms with van der Waals surface area (Å²) in [6, 6.07) is 62.0. The molecule has 12 aromatic rings. The van der Waals surface area contributed by atoms with Crippen LogP contribution in [-0.4, -0.2) is 9.55 Å². The van der Waals surface area contributed by atoms with E-state index in [-0.39, 0.29) is 0 Å². The predicted octanol–water partition coefficient (Wildman–Crippen LogP) is 14.3. The van der Waals surface area contributed by atoms with Crippen LogP contribution in [0.5, 0.6) is 0 Å². The van der Waals surface area contributed by atoms with Crippen LogP contribution in [0.4, 0.5) is 17.1 Å². The van der Waals surface area contributed by atoms with E-state index in [0.717, 1.165) is 66.9 Å². The first-order valence-corrected chi connectivity index (χ1v) is 19.2. The number of aromatic nitrogens is 2. The molecule has 0 unspecified atom stereocenters. The number of para-hydroxylation sites is 3. The summed E-state index contributed by atoms with van der Waals surface area (Å²) < 4.78 is 18.1. The van der Waals surface area contributed by atoms with Crippen molar-refractivity contribution in [3.8, 4) is 17.1 Å². The Bertz CT molecular complexity index is 3450. The van der Waals surface area contributed by atoms with Gasteiger partial charge in [0.05, 0.1) is 22.1 Å². The highest BCUT2D eigenvalue weighted by Crippen LogP contribution is 2.47. The second-order valence-corrected chi connectivity index (χ2v) is 15.0. The highest BCUT2D eigenvalue weighted by Gasteiger charge is 2.24. The summed E-state index contributed by atoms with van der Waals surface area (Å²) in [5.41, 5.74) is 10.5. The smallest absolute Gasteiger partial charge is 0.227 e. The molecule has 0 aliphatic rings. The summed E-state index contributed by atoms with van der Waals surface area (Å²) in [6.07, 6.45) is 0. The van der Waals surface area contributed by atoms with Crippen molar-refractivity contribution < 1.29 is 8.83 Å². The molecule has 5 nitrogen and oxygen atoms in total. The van der Waals surface area contributed by atoms with Crippen LogP contribution in [0.3, 0.4) is 0 Å². The second kappa shape index (κ2) is 11.7. The Kier molecular flexibility index (Phi) is 6.44. The number of anilines is 3. The van der Waals surface area contributed by atoms with Crippen molar-refractivity contribution in [3.05, 3.63) is 176 Å². The number of oxazole rings is 1. The van der Waals surface area contributed by atoms with E-state index in [1.807, 2.05) is 53.8 Å². The lowest BCUT2D eigenvalue weighted by molar-refractivity contribution is 0.619.